The maximum absolute atomic E-state index is 12.5. The normalized spacial score (nSPS) is 10.7. The molecule has 0 spiro atoms. The van der Waals surface area contributed by atoms with Gasteiger partial charge in [-0.15, -0.1) is 10.2 Å². The van der Waals surface area contributed by atoms with E-state index in [0.717, 1.165) is 11.4 Å². The van der Waals surface area contributed by atoms with Crippen molar-refractivity contribution in [3.63, 3.8) is 0 Å². The van der Waals surface area contributed by atoms with Gasteiger partial charge in [0.05, 0.1) is 20.0 Å². The van der Waals surface area contributed by atoms with Gasteiger partial charge < -0.3 is 14.0 Å². The van der Waals surface area contributed by atoms with Gasteiger partial charge in [-0.1, -0.05) is 41.6 Å². The van der Waals surface area contributed by atoms with Crippen LogP contribution in [0.2, 0.25) is 0 Å². The number of thioether (sulfide) groups is 1. The Hall–Kier alpha value is -2.80. The van der Waals surface area contributed by atoms with E-state index in [0.29, 0.717) is 22.2 Å². The van der Waals surface area contributed by atoms with Crippen LogP contribution in [0, 0.1) is 6.92 Å². The van der Waals surface area contributed by atoms with Crippen molar-refractivity contribution in [2.24, 2.45) is 7.05 Å². The molecule has 27 heavy (non-hydrogen) atoms. The number of aromatic nitrogens is 3. The molecule has 6 nitrogen and oxygen atoms in total. The van der Waals surface area contributed by atoms with E-state index in [1.807, 2.05) is 42.8 Å². The van der Waals surface area contributed by atoms with Gasteiger partial charge in [0.15, 0.2) is 28.3 Å². The molecule has 0 fully saturated rings. The summed E-state index contributed by atoms with van der Waals surface area (Å²) >= 11 is 1.36. The van der Waals surface area contributed by atoms with E-state index in [1.54, 1.807) is 32.4 Å². The lowest BCUT2D eigenvalue weighted by molar-refractivity contribution is 0.102. The summed E-state index contributed by atoms with van der Waals surface area (Å²) in [6.07, 6.45) is 0. The monoisotopic (exact) mass is 383 g/mol. The van der Waals surface area contributed by atoms with Gasteiger partial charge in [-0.25, -0.2) is 0 Å². The summed E-state index contributed by atoms with van der Waals surface area (Å²) in [5.74, 6) is 2.15. The average molecular weight is 383 g/mol. The topological polar surface area (TPSA) is 66.2 Å². The number of ether oxygens (including phenoxy) is 2. The summed E-state index contributed by atoms with van der Waals surface area (Å²) in [4.78, 5) is 12.5. The number of benzene rings is 2. The Morgan fingerprint density at radius 3 is 2.41 bits per heavy atom. The third-order valence-corrected chi connectivity index (χ3v) is 5.20. The molecule has 0 bridgehead atoms. The second kappa shape index (κ2) is 8.26. The molecule has 0 aliphatic heterocycles. The van der Waals surface area contributed by atoms with E-state index < -0.39 is 0 Å². The van der Waals surface area contributed by atoms with Gasteiger partial charge in [0, 0.05) is 18.2 Å². The standard InChI is InChI=1S/C20H21N3O3S/c1-13-5-7-14(8-6-13)19-21-22-20(23(19)2)27-12-16(24)15-9-10-17(25-3)18(11-15)26-4/h5-11H,12H2,1-4H3. The molecule has 1 aromatic heterocycles. The summed E-state index contributed by atoms with van der Waals surface area (Å²) < 4.78 is 12.4. The average Bonchev–Trinajstić information content (AvgIpc) is 3.06. The third-order valence-electron chi connectivity index (χ3n) is 4.18. The highest BCUT2D eigenvalue weighted by atomic mass is 32.2. The van der Waals surface area contributed by atoms with Crippen molar-refractivity contribution < 1.29 is 14.3 Å². The number of hydrogen-bond acceptors (Lipinski definition) is 6. The number of carbonyl (C=O) groups is 1. The molecule has 0 aliphatic rings. The van der Waals surface area contributed by atoms with E-state index in [2.05, 4.69) is 10.2 Å². The molecule has 0 amide bonds. The molecule has 0 saturated carbocycles. The molecule has 0 radical (unpaired) electrons. The first-order valence-electron chi connectivity index (χ1n) is 8.38. The molecule has 140 valence electrons. The lowest BCUT2D eigenvalue weighted by Gasteiger charge is -2.09. The summed E-state index contributed by atoms with van der Waals surface area (Å²) in [6, 6.07) is 13.3. The number of methoxy groups -OCH3 is 2. The minimum Gasteiger partial charge on any atom is -0.493 e. The van der Waals surface area contributed by atoms with Gasteiger partial charge in [0.2, 0.25) is 0 Å². The molecular formula is C20H21N3O3S. The van der Waals surface area contributed by atoms with Crippen LogP contribution in [0.3, 0.4) is 0 Å². The summed E-state index contributed by atoms with van der Waals surface area (Å²) in [5.41, 5.74) is 2.76. The Morgan fingerprint density at radius 1 is 1.04 bits per heavy atom. The van der Waals surface area contributed by atoms with Crippen LogP contribution in [-0.2, 0) is 7.05 Å². The number of hydrogen-bond donors (Lipinski definition) is 0. The fourth-order valence-corrected chi connectivity index (χ4v) is 3.42. The highest BCUT2D eigenvalue weighted by Gasteiger charge is 2.15. The Kier molecular flexibility index (Phi) is 5.81. The SMILES string of the molecule is COc1ccc(C(=O)CSc2nnc(-c3ccc(C)cc3)n2C)cc1OC. The highest BCUT2D eigenvalue weighted by Crippen LogP contribution is 2.29. The lowest BCUT2D eigenvalue weighted by Crippen LogP contribution is -2.05. The number of Topliss-reactive ketones (excluding diaryl/α,β-unsaturated/α-hetero) is 1. The van der Waals surface area contributed by atoms with Crippen LogP contribution in [0.5, 0.6) is 11.5 Å². The molecule has 0 saturated heterocycles. The third kappa shape index (κ3) is 4.14. The minimum absolute atomic E-state index is 0.0131. The zero-order valence-electron chi connectivity index (χ0n) is 15.7. The van der Waals surface area contributed by atoms with E-state index in [1.165, 1.54) is 17.3 Å². The highest BCUT2D eigenvalue weighted by molar-refractivity contribution is 7.99. The lowest BCUT2D eigenvalue weighted by atomic mass is 10.1. The summed E-state index contributed by atoms with van der Waals surface area (Å²) in [7, 11) is 5.01. The minimum atomic E-state index is -0.0131. The Balaban J connectivity index is 1.72. The van der Waals surface area contributed by atoms with E-state index in [-0.39, 0.29) is 11.5 Å². The van der Waals surface area contributed by atoms with Crippen LogP contribution in [0.4, 0.5) is 0 Å². The first kappa shape index (κ1) is 19.0. The molecule has 2 aromatic carbocycles. The largest absolute Gasteiger partial charge is 0.493 e. The number of ketones is 1. The summed E-state index contributed by atoms with van der Waals surface area (Å²) in [5, 5.41) is 9.17. The zero-order chi connectivity index (χ0) is 19.4. The Labute approximate surface area is 162 Å². The maximum Gasteiger partial charge on any atom is 0.191 e. The fourth-order valence-electron chi connectivity index (χ4n) is 2.62. The molecule has 1 heterocycles. The van der Waals surface area contributed by atoms with Crippen LogP contribution in [0.1, 0.15) is 15.9 Å². The quantitative estimate of drug-likeness (QED) is 0.457. The van der Waals surface area contributed by atoms with Crippen molar-refractivity contribution >= 4 is 17.5 Å². The second-order valence-electron chi connectivity index (χ2n) is 6.01. The van der Waals surface area contributed by atoms with E-state index in [4.69, 9.17) is 9.47 Å². The van der Waals surface area contributed by atoms with Crippen LogP contribution < -0.4 is 9.47 Å². The maximum atomic E-state index is 12.5. The first-order chi connectivity index (χ1) is 13.0. The van der Waals surface area contributed by atoms with Gasteiger partial charge in [-0.05, 0) is 25.1 Å². The molecule has 0 atom stereocenters. The Bertz CT molecular complexity index is 952. The van der Waals surface area contributed by atoms with Crippen molar-refractivity contribution in [2.75, 3.05) is 20.0 Å². The predicted octanol–water partition coefficient (Wildman–Crippen LogP) is 3.78. The number of nitrogens with zero attached hydrogens (tertiary/aromatic N) is 3. The van der Waals surface area contributed by atoms with Crippen molar-refractivity contribution in [2.45, 2.75) is 12.1 Å². The summed E-state index contributed by atoms with van der Waals surface area (Å²) in [6.45, 7) is 2.04. The number of rotatable bonds is 7. The molecular weight excluding hydrogens is 362 g/mol. The second-order valence-corrected chi connectivity index (χ2v) is 6.96. The van der Waals surface area contributed by atoms with Gasteiger partial charge in [0.1, 0.15) is 0 Å². The first-order valence-corrected chi connectivity index (χ1v) is 9.36. The van der Waals surface area contributed by atoms with Crippen molar-refractivity contribution in [3.05, 3.63) is 53.6 Å². The van der Waals surface area contributed by atoms with E-state index >= 15 is 0 Å². The van der Waals surface area contributed by atoms with Crippen molar-refractivity contribution in [3.8, 4) is 22.9 Å². The van der Waals surface area contributed by atoms with Gasteiger partial charge in [-0.3, -0.25) is 4.79 Å². The fraction of sp³-hybridized carbons (Fsp3) is 0.250. The molecule has 3 rings (SSSR count). The molecule has 0 unspecified atom stereocenters. The predicted molar refractivity (Wildman–Crippen MR) is 106 cm³/mol. The molecule has 0 N–H and O–H groups in total. The van der Waals surface area contributed by atoms with Crippen LogP contribution in [-0.4, -0.2) is 40.5 Å². The van der Waals surface area contributed by atoms with Crippen LogP contribution in [0.25, 0.3) is 11.4 Å². The number of aryl methyl sites for hydroxylation is 1. The van der Waals surface area contributed by atoms with Crippen molar-refractivity contribution in [1.82, 2.24) is 14.8 Å². The van der Waals surface area contributed by atoms with Crippen molar-refractivity contribution in [1.29, 1.82) is 0 Å². The van der Waals surface area contributed by atoms with Crippen LogP contribution >= 0.6 is 11.8 Å². The van der Waals surface area contributed by atoms with E-state index in [9.17, 15) is 4.79 Å². The smallest absolute Gasteiger partial charge is 0.191 e. The van der Waals surface area contributed by atoms with Crippen LogP contribution in [0.15, 0.2) is 47.6 Å². The van der Waals surface area contributed by atoms with Gasteiger partial charge in [-0.2, -0.15) is 0 Å². The van der Waals surface area contributed by atoms with Gasteiger partial charge >= 0.3 is 0 Å². The zero-order valence-corrected chi connectivity index (χ0v) is 16.5. The Morgan fingerprint density at radius 2 is 1.74 bits per heavy atom. The molecule has 3 aromatic rings. The van der Waals surface area contributed by atoms with Gasteiger partial charge in [0.25, 0.3) is 0 Å². The molecule has 0 aliphatic carbocycles. The number of carbonyl (C=O) groups excluding carboxylic acids is 1. The molecule has 7 heteroatoms.